The SMILES string of the molecule is CCSC1(C(=O)OC(c2ccccc2)c2ccccc2)CS[C@@H]2C(NC(=O)C(=NOCC(=O)OC(C)(C)C)c3cccc(N)n3)C(=O)N2C1. The lowest BCUT2D eigenvalue weighted by Crippen LogP contribution is -2.75. The van der Waals surface area contributed by atoms with Crippen LogP contribution in [0, 0.1) is 0 Å². The number of carbonyl (C=O) groups is 4. The molecule has 2 fully saturated rings. The summed E-state index contributed by atoms with van der Waals surface area (Å²) >= 11 is 2.84. The van der Waals surface area contributed by atoms with Gasteiger partial charge in [-0.2, -0.15) is 0 Å². The largest absolute Gasteiger partial charge is 0.457 e. The Balaban J connectivity index is 1.29. The average Bonchev–Trinajstić information content (AvgIpc) is 3.08. The Bertz CT molecular complexity index is 1660. The summed E-state index contributed by atoms with van der Waals surface area (Å²) in [5, 5.41) is 6.20. The maximum absolute atomic E-state index is 14.1. The van der Waals surface area contributed by atoms with E-state index < -0.39 is 52.3 Å². The summed E-state index contributed by atoms with van der Waals surface area (Å²) in [6.45, 7) is 6.68. The molecule has 2 amide bonds. The second kappa shape index (κ2) is 15.3. The number of aromatic nitrogens is 1. The van der Waals surface area contributed by atoms with Crippen LogP contribution in [0.2, 0.25) is 0 Å². The first-order chi connectivity index (χ1) is 23.4. The summed E-state index contributed by atoms with van der Waals surface area (Å²) in [5.74, 6) is -1.06. The highest BCUT2D eigenvalue weighted by atomic mass is 32.2. The van der Waals surface area contributed by atoms with Crippen LogP contribution in [0.15, 0.2) is 84.0 Å². The summed E-state index contributed by atoms with van der Waals surface area (Å²) in [6, 6.07) is 22.8. The van der Waals surface area contributed by atoms with Gasteiger partial charge in [0.15, 0.2) is 11.8 Å². The zero-order chi connectivity index (χ0) is 35.2. The third kappa shape index (κ3) is 8.54. The second-order valence-corrected chi connectivity index (χ2v) is 15.2. The van der Waals surface area contributed by atoms with Crippen molar-refractivity contribution in [2.75, 3.05) is 30.4 Å². The maximum Gasteiger partial charge on any atom is 0.347 e. The zero-order valence-electron chi connectivity index (χ0n) is 27.7. The number of amides is 2. The number of fused-ring (bicyclic) bond motifs is 1. The number of nitrogen functional groups attached to an aromatic ring is 1. The number of hydrogen-bond donors (Lipinski definition) is 2. The lowest BCUT2D eigenvalue weighted by atomic mass is 10.00. The zero-order valence-corrected chi connectivity index (χ0v) is 29.3. The molecule has 14 heteroatoms. The number of rotatable bonds is 12. The smallest absolute Gasteiger partial charge is 0.347 e. The van der Waals surface area contributed by atoms with Crippen LogP contribution in [0.1, 0.15) is 50.6 Å². The number of esters is 2. The Labute approximate surface area is 293 Å². The predicted molar refractivity (Wildman–Crippen MR) is 189 cm³/mol. The van der Waals surface area contributed by atoms with Crippen molar-refractivity contribution >= 4 is 58.8 Å². The number of nitrogens with two attached hydrogens (primary N) is 1. The molecule has 1 aromatic heterocycles. The van der Waals surface area contributed by atoms with E-state index in [1.165, 1.54) is 29.6 Å². The highest BCUT2D eigenvalue weighted by Gasteiger charge is 2.58. The van der Waals surface area contributed by atoms with Gasteiger partial charge >= 0.3 is 11.9 Å². The van der Waals surface area contributed by atoms with E-state index in [-0.39, 0.29) is 29.7 Å². The van der Waals surface area contributed by atoms with Crippen molar-refractivity contribution in [3.63, 3.8) is 0 Å². The number of nitrogens with one attached hydrogen (secondary N) is 1. The highest BCUT2D eigenvalue weighted by Crippen LogP contribution is 2.45. The molecule has 0 radical (unpaired) electrons. The number of oxime groups is 1. The van der Waals surface area contributed by atoms with Gasteiger partial charge in [0.2, 0.25) is 12.5 Å². The fraction of sp³-hybridized carbons (Fsp3) is 0.371. The molecule has 0 bridgehead atoms. The Kier molecular flexibility index (Phi) is 11.2. The Morgan fingerprint density at radius 2 is 1.71 bits per heavy atom. The molecule has 2 unspecified atom stereocenters. The normalized spacial score (nSPS) is 20.6. The van der Waals surface area contributed by atoms with Crippen LogP contribution in [0.3, 0.4) is 0 Å². The average molecular weight is 706 g/mol. The molecule has 3 aromatic rings. The number of β-lactam (4-membered cyclic amide) rings is 1. The van der Waals surface area contributed by atoms with E-state index in [1.54, 1.807) is 37.8 Å². The Morgan fingerprint density at radius 3 is 2.31 bits per heavy atom. The Hall–Kier alpha value is -4.56. The molecule has 3 atom stereocenters. The van der Waals surface area contributed by atoms with Crippen LogP contribution in [-0.4, -0.2) is 85.8 Å². The van der Waals surface area contributed by atoms with Gasteiger partial charge in [0.1, 0.15) is 33.3 Å². The van der Waals surface area contributed by atoms with Crippen LogP contribution < -0.4 is 11.1 Å². The van der Waals surface area contributed by atoms with E-state index in [0.29, 0.717) is 11.5 Å². The minimum Gasteiger partial charge on any atom is -0.457 e. The van der Waals surface area contributed by atoms with E-state index in [9.17, 15) is 19.2 Å². The number of ether oxygens (including phenoxy) is 2. The van der Waals surface area contributed by atoms with E-state index in [2.05, 4.69) is 15.5 Å². The number of hydrogen-bond acceptors (Lipinski definition) is 12. The monoisotopic (exact) mass is 705 g/mol. The topological polar surface area (TPSA) is 163 Å². The fourth-order valence-corrected chi connectivity index (χ4v) is 8.29. The van der Waals surface area contributed by atoms with E-state index in [1.807, 2.05) is 67.6 Å². The van der Waals surface area contributed by atoms with Gasteiger partial charge in [0.25, 0.3) is 5.91 Å². The molecule has 2 aliphatic rings. The van der Waals surface area contributed by atoms with E-state index >= 15 is 0 Å². The van der Waals surface area contributed by atoms with Gasteiger partial charge in [-0.3, -0.25) is 14.4 Å². The summed E-state index contributed by atoms with van der Waals surface area (Å²) in [6.07, 6.45) is -0.623. The third-order valence-corrected chi connectivity index (χ3v) is 10.5. The minimum atomic E-state index is -1.02. The number of thioether (sulfide) groups is 2. The third-order valence-electron chi connectivity index (χ3n) is 7.55. The van der Waals surface area contributed by atoms with Crippen molar-refractivity contribution in [1.29, 1.82) is 0 Å². The molecule has 0 saturated carbocycles. The van der Waals surface area contributed by atoms with Crippen molar-refractivity contribution in [2.45, 2.75) is 55.6 Å². The molecule has 2 aliphatic heterocycles. The molecule has 49 heavy (non-hydrogen) atoms. The van der Waals surface area contributed by atoms with Gasteiger partial charge in [-0.1, -0.05) is 78.8 Å². The first-order valence-electron chi connectivity index (χ1n) is 15.7. The van der Waals surface area contributed by atoms with Gasteiger partial charge in [0.05, 0.1) is 0 Å². The van der Waals surface area contributed by atoms with E-state index in [0.717, 1.165) is 11.1 Å². The van der Waals surface area contributed by atoms with Crippen molar-refractivity contribution < 1.29 is 33.5 Å². The van der Waals surface area contributed by atoms with Gasteiger partial charge in [-0.25, -0.2) is 9.78 Å². The second-order valence-electron chi connectivity index (χ2n) is 12.4. The predicted octanol–water partition coefficient (Wildman–Crippen LogP) is 3.95. The van der Waals surface area contributed by atoms with E-state index in [4.69, 9.17) is 20.0 Å². The standard InChI is InChI=1S/C35H39N5O7S2/c1-5-49-35(33(44)46-29(22-13-8-6-9-14-22)23-15-10-7-11-16-23)20-40-31(43)28(32(40)48-21-35)38-30(42)27(24-17-12-18-25(36)37-24)39-45-19-26(41)47-34(2,3)4/h6-18,28-29,32H,5,19-21H2,1-4H3,(H2,36,37)(H,38,42)/t28?,32-,35?/m1/s1. The summed E-state index contributed by atoms with van der Waals surface area (Å²) in [5.41, 5.74) is 6.61. The first-order valence-corrected chi connectivity index (χ1v) is 17.8. The van der Waals surface area contributed by atoms with Crippen LogP contribution in [-0.2, 0) is 33.5 Å². The van der Waals surface area contributed by atoms with Crippen molar-refractivity contribution in [3.05, 3.63) is 95.7 Å². The quantitative estimate of drug-likeness (QED) is 0.121. The summed E-state index contributed by atoms with van der Waals surface area (Å²) < 4.78 is 10.5. The summed E-state index contributed by atoms with van der Waals surface area (Å²) in [4.78, 5) is 64.2. The van der Waals surface area contributed by atoms with Crippen molar-refractivity contribution in [1.82, 2.24) is 15.2 Å². The number of benzene rings is 2. The lowest BCUT2D eigenvalue weighted by molar-refractivity contribution is -0.160. The summed E-state index contributed by atoms with van der Waals surface area (Å²) in [7, 11) is 0. The number of pyridine rings is 1. The molecule has 2 saturated heterocycles. The maximum atomic E-state index is 14.1. The molecule has 12 nitrogen and oxygen atoms in total. The van der Waals surface area contributed by atoms with Crippen molar-refractivity contribution in [2.24, 2.45) is 5.16 Å². The first kappa shape index (κ1) is 35.7. The van der Waals surface area contributed by atoms with Gasteiger partial charge in [-0.05, 0) is 49.8 Å². The lowest BCUT2D eigenvalue weighted by Gasteiger charge is -2.53. The Morgan fingerprint density at radius 1 is 1.06 bits per heavy atom. The molecular formula is C35H39N5O7S2. The molecule has 0 spiro atoms. The molecule has 5 rings (SSSR count). The number of nitrogens with zero attached hydrogens (tertiary/aromatic N) is 3. The molecule has 2 aromatic carbocycles. The van der Waals surface area contributed by atoms with Crippen LogP contribution in [0.5, 0.6) is 0 Å². The van der Waals surface area contributed by atoms with Crippen LogP contribution in [0.25, 0.3) is 0 Å². The molecule has 3 N–H and O–H groups in total. The van der Waals surface area contributed by atoms with Gasteiger partial charge in [-0.15, -0.1) is 23.5 Å². The number of anilines is 1. The van der Waals surface area contributed by atoms with Crippen molar-refractivity contribution in [3.8, 4) is 0 Å². The number of carbonyl (C=O) groups excluding carboxylic acids is 4. The van der Waals surface area contributed by atoms with Gasteiger partial charge < -0.3 is 30.3 Å². The van der Waals surface area contributed by atoms with Crippen LogP contribution in [0.4, 0.5) is 5.82 Å². The molecule has 0 aliphatic carbocycles. The highest BCUT2D eigenvalue weighted by molar-refractivity contribution is 8.05. The molecule has 3 heterocycles. The molecule has 258 valence electrons. The molecular weight excluding hydrogens is 667 g/mol. The fourth-order valence-electron chi connectivity index (χ4n) is 5.41. The van der Waals surface area contributed by atoms with Gasteiger partial charge in [0, 0.05) is 12.3 Å². The minimum absolute atomic E-state index is 0.0918. The van der Waals surface area contributed by atoms with Crippen LogP contribution >= 0.6 is 23.5 Å².